The molecular weight excluding hydrogens is 418 g/mol. The summed E-state index contributed by atoms with van der Waals surface area (Å²) in [6, 6.07) is 15.9. The number of benzene rings is 2. The number of carbonyl (C=O) groups excluding carboxylic acids is 2. The normalized spacial score (nSPS) is 29.0. The highest BCUT2D eigenvalue weighted by Crippen LogP contribution is 2.39. The lowest BCUT2D eigenvalue weighted by molar-refractivity contribution is -0.143. The molecule has 1 aliphatic carbocycles. The van der Waals surface area contributed by atoms with Crippen LogP contribution in [0, 0.1) is 18.8 Å². The van der Waals surface area contributed by atoms with Crippen LogP contribution in [-0.4, -0.2) is 36.1 Å². The van der Waals surface area contributed by atoms with Crippen molar-refractivity contribution in [3.8, 4) is 5.75 Å². The van der Waals surface area contributed by atoms with Crippen LogP contribution in [0.25, 0.3) is 0 Å². The molecule has 4 N–H and O–H groups in total. The molecule has 2 heterocycles. The van der Waals surface area contributed by atoms with E-state index in [4.69, 9.17) is 4.74 Å². The van der Waals surface area contributed by atoms with Crippen molar-refractivity contribution < 1.29 is 14.3 Å². The Bertz CT molecular complexity index is 1040. The van der Waals surface area contributed by atoms with E-state index in [1.165, 1.54) is 5.56 Å². The fourth-order valence-corrected chi connectivity index (χ4v) is 5.39. The van der Waals surface area contributed by atoms with Crippen molar-refractivity contribution in [1.82, 2.24) is 26.6 Å². The van der Waals surface area contributed by atoms with Gasteiger partial charge in [0.1, 0.15) is 11.9 Å². The Morgan fingerprint density at radius 1 is 1.18 bits per heavy atom. The summed E-state index contributed by atoms with van der Waals surface area (Å²) in [5.74, 6) is 0.663. The predicted octanol–water partition coefficient (Wildman–Crippen LogP) is 1.93. The molecule has 0 aromatic heterocycles. The zero-order valence-corrected chi connectivity index (χ0v) is 19.0. The van der Waals surface area contributed by atoms with Crippen LogP contribution in [0.3, 0.4) is 0 Å². The van der Waals surface area contributed by atoms with E-state index in [-0.39, 0.29) is 41.9 Å². The first-order valence-electron chi connectivity index (χ1n) is 11.6. The van der Waals surface area contributed by atoms with Gasteiger partial charge in [-0.25, -0.2) is 10.4 Å². The molecule has 2 amide bonds. The van der Waals surface area contributed by atoms with Crippen LogP contribution in [0.2, 0.25) is 0 Å². The average molecular weight is 450 g/mol. The maximum Gasteiger partial charge on any atom is 0.226 e. The summed E-state index contributed by atoms with van der Waals surface area (Å²) < 4.78 is 5.27. The van der Waals surface area contributed by atoms with E-state index in [1.807, 2.05) is 30.3 Å². The largest absolute Gasteiger partial charge is 0.497 e. The number of carbonyl (C=O) groups is 2. The molecule has 8 nitrogen and oxygen atoms in total. The molecule has 1 saturated carbocycles. The second-order valence-corrected chi connectivity index (χ2v) is 9.26. The van der Waals surface area contributed by atoms with E-state index in [9.17, 15) is 9.59 Å². The van der Waals surface area contributed by atoms with Crippen molar-refractivity contribution >= 4 is 11.8 Å². The lowest BCUT2D eigenvalue weighted by atomic mass is 9.75. The van der Waals surface area contributed by atoms with Gasteiger partial charge < -0.3 is 15.4 Å². The third-order valence-corrected chi connectivity index (χ3v) is 7.14. The Labute approximate surface area is 194 Å². The number of hydrogen-bond acceptors (Lipinski definition) is 6. The third kappa shape index (κ3) is 4.34. The lowest BCUT2D eigenvalue weighted by Crippen LogP contribution is -2.65. The van der Waals surface area contributed by atoms with E-state index < -0.39 is 0 Å². The fraction of sp³-hybridized carbons (Fsp3) is 0.440. The summed E-state index contributed by atoms with van der Waals surface area (Å²) in [7, 11) is 1.63. The Hall–Kier alpha value is -2.94. The number of hydrazine groups is 2. The SMILES string of the molecule is COc1cccc(CNC(=O)C2CCC3C(=O)NC4C(c5cccc(C)c5)NNN4C3C2)c1. The van der Waals surface area contributed by atoms with Gasteiger partial charge in [-0.15, -0.1) is 0 Å². The molecule has 0 spiro atoms. The number of amides is 2. The number of nitrogens with one attached hydrogen (secondary N) is 4. The number of fused-ring (bicyclic) bond motifs is 3. The molecule has 5 atom stereocenters. The number of ether oxygens (including phenoxy) is 1. The second kappa shape index (κ2) is 9.13. The molecule has 3 aliphatic rings. The van der Waals surface area contributed by atoms with E-state index in [0.717, 1.165) is 16.9 Å². The summed E-state index contributed by atoms with van der Waals surface area (Å²) in [4.78, 5) is 26.0. The number of methoxy groups -OCH3 is 1. The first-order valence-corrected chi connectivity index (χ1v) is 11.6. The Balaban J connectivity index is 1.26. The van der Waals surface area contributed by atoms with Gasteiger partial charge in [-0.2, -0.15) is 5.53 Å². The van der Waals surface area contributed by atoms with Crippen molar-refractivity contribution in [1.29, 1.82) is 0 Å². The van der Waals surface area contributed by atoms with Gasteiger partial charge in [0, 0.05) is 18.5 Å². The molecule has 0 bridgehead atoms. The average Bonchev–Trinajstić information content (AvgIpc) is 3.26. The van der Waals surface area contributed by atoms with Gasteiger partial charge in [0.15, 0.2) is 0 Å². The smallest absolute Gasteiger partial charge is 0.226 e. The molecule has 2 saturated heterocycles. The second-order valence-electron chi connectivity index (χ2n) is 9.26. The maximum absolute atomic E-state index is 13.0. The van der Waals surface area contributed by atoms with Gasteiger partial charge in [0.2, 0.25) is 11.8 Å². The van der Waals surface area contributed by atoms with Crippen molar-refractivity contribution in [3.05, 3.63) is 65.2 Å². The molecule has 5 unspecified atom stereocenters. The van der Waals surface area contributed by atoms with Crippen molar-refractivity contribution in [2.45, 2.75) is 51.0 Å². The van der Waals surface area contributed by atoms with Crippen LogP contribution in [0.5, 0.6) is 5.75 Å². The van der Waals surface area contributed by atoms with Crippen LogP contribution in [0.15, 0.2) is 48.5 Å². The van der Waals surface area contributed by atoms with Crippen molar-refractivity contribution in [2.24, 2.45) is 11.8 Å². The summed E-state index contributed by atoms with van der Waals surface area (Å²) in [6.45, 7) is 2.53. The predicted molar refractivity (Wildman–Crippen MR) is 123 cm³/mol. The minimum Gasteiger partial charge on any atom is -0.497 e. The van der Waals surface area contributed by atoms with Gasteiger partial charge in [0.25, 0.3) is 0 Å². The summed E-state index contributed by atoms with van der Waals surface area (Å²) in [5.41, 5.74) is 9.95. The minimum atomic E-state index is -0.195. The zero-order valence-electron chi connectivity index (χ0n) is 19.0. The molecule has 2 aromatic rings. The van der Waals surface area contributed by atoms with E-state index in [2.05, 4.69) is 51.7 Å². The van der Waals surface area contributed by atoms with Crippen molar-refractivity contribution in [2.75, 3.05) is 7.11 Å². The standard InChI is InChI=1S/C25H31N5O3/c1-15-5-3-7-17(11-15)22-23-27-25(32)20-10-9-18(13-21(20)30(23)29-28-22)24(31)26-14-16-6-4-8-19(12-16)33-2/h3-8,11-12,18,20-23,28-29H,9-10,13-14H2,1-2H3,(H,26,31)(H,27,32). The van der Waals surface area contributed by atoms with Crippen LogP contribution >= 0.6 is 0 Å². The van der Waals surface area contributed by atoms with E-state index >= 15 is 0 Å². The zero-order chi connectivity index (χ0) is 22.9. The van der Waals surface area contributed by atoms with Crippen LogP contribution < -0.4 is 26.3 Å². The van der Waals surface area contributed by atoms with Crippen LogP contribution in [-0.2, 0) is 16.1 Å². The van der Waals surface area contributed by atoms with Crippen molar-refractivity contribution in [3.63, 3.8) is 0 Å². The third-order valence-electron chi connectivity index (χ3n) is 7.14. The minimum absolute atomic E-state index is 0.0348. The molecule has 174 valence electrons. The highest BCUT2D eigenvalue weighted by molar-refractivity contribution is 5.83. The molecule has 0 radical (unpaired) electrons. The number of aryl methyl sites for hydroxylation is 1. The van der Waals surface area contributed by atoms with Gasteiger partial charge >= 0.3 is 0 Å². The molecule has 33 heavy (non-hydrogen) atoms. The highest BCUT2D eigenvalue weighted by atomic mass is 16.5. The Morgan fingerprint density at radius 3 is 2.85 bits per heavy atom. The molecule has 2 aromatic carbocycles. The van der Waals surface area contributed by atoms with E-state index in [1.54, 1.807) is 7.11 Å². The monoisotopic (exact) mass is 449 g/mol. The number of rotatable bonds is 5. The lowest BCUT2D eigenvalue weighted by Gasteiger charge is -2.46. The highest BCUT2D eigenvalue weighted by Gasteiger charge is 2.51. The first kappa shape index (κ1) is 21.9. The van der Waals surface area contributed by atoms with Gasteiger partial charge in [-0.05, 0) is 49.4 Å². The van der Waals surface area contributed by atoms with Crippen LogP contribution in [0.1, 0.15) is 42.0 Å². The van der Waals surface area contributed by atoms with E-state index in [0.29, 0.717) is 25.8 Å². The quantitative estimate of drug-likeness (QED) is 0.557. The summed E-state index contributed by atoms with van der Waals surface area (Å²) in [5, 5.41) is 8.39. The number of nitrogens with zero attached hydrogens (tertiary/aromatic N) is 1. The molecule has 8 heteroatoms. The molecule has 2 aliphatic heterocycles. The van der Waals surface area contributed by atoms with Gasteiger partial charge in [0.05, 0.1) is 19.1 Å². The van der Waals surface area contributed by atoms with Gasteiger partial charge in [-0.1, -0.05) is 42.0 Å². The Morgan fingerprint density at radius 2 is 2.03 bits per heavy atom. The van der Waals surface area contributed by atoms with Gasteiger partial charge in [-0.3, -0.25) is 9.59 Å². The molecule has 5 rings (SSSR count). The Kier molecular flexibility index (Phi) is 6.05. The molecular formula is C25H31N5O3. The fourth-order valence-electron chi connectivity index (χ4n) is 5.39. The topological polar surface area (TPSA) is 94.7 Å². The summed E-state index contributed by atoms with van der Waals surface area (Å²) >= 11 is 0. The summed E-state index contributed by atoms with van der Waals surface area (Å²) in [6.07, 6.45) is 1.87. The molecule has 3 fully saturated rings. The first-order chi connectivity index (χ1) is 16.0. The maximum atomic E-state index is 13.0. The van der Waals surface area contributed by atoms with Crippen LogP contribution in [0.4, 0.5) is 0 Å². The number of hydrogen-bond donors (Lipinski definition) is 4.